The largest absolute Gasteiger partial charge is 0.487 e. The fourth-order valence-corrected chi connectivity index (χ4v) is 3.48. The van der Waals surface area contributed by atoms with E-state index in [1.807, 2.05) is 0 Å². The molecular formula is C26H48O7. The smallest absolute Gasteiger partial charge is 0.302 e. The number of unbranched alkanes of at least 4 members (excludes halogenated alkanes) is 4. The molecule has 0 aliphatic carbocycles. The SMILES string of the molecule is CCCCOC[C@H]1O/C(=C/COC(C)=O)[C@@H](OCCCC)[C@@H](OCCCC)[C@@H]1OCCCC. The van der Waals surface area contributed by atoms with Crippen molar-refractivity contribution in [2.24, 2.45) is 0 Å². The van der Waals surface area contributed by atoms with Gasteiger partial charge in [0.1, 0.15) is 30.7 Å². The predicted molar refractivity (Wildman–Crippen MR) is 129 cm³/mol. The fourth-order valence-electron chi connectivity index (χ4n) is 3.48. The third kappa shape index (κ3) is 12.2. The molecule has 1 aliphatic rings. The molecule has 0 spiro atoms. The number of hydrogen-bond donors (Lipinski definition) is 0. The standard InChI is InChI=1S/C26H48O7/c1-6-10-15-28-20-23-25(31-17-12-8-3)26(32-18-13-9-4)24(30-16-11-7-2)22(33-23)14-19-29-21(5)27/h14,23-26H,6-13,15-20H2,1-5H3/b22-14+/t23-,24-,25-,26-/m1/s1. The molecule has 7 heteroatoms. The molecule has 1 rings (SSSR count). The lowest BCUT2D eigenvalue weighted by molar-refractivity contribution is -0.215. The van der Waals surface area contributed by atoms with Crippen molar-refractivity contribution in [3.63, 3.8) is 0 Å². The molecule has 1 aliphatic heterocycles. The van der Waals surface area contributed by atoms with Crippen molar-refractivity contribution in [1.29, 1.82) is 0 Å². The summed E-state index contributed by atoms with van der Waals surface area (Å²) in [7, 11) is 0. The number of esters is 1. The number of hydrogen-bond acceptors (Lipinski definition) is 7. The van der Waals surface area contributed by atoms with E-state index in [1.165, 1.54) is 6.92 Å². The van der Waals surface area contributed by atoms with Crippen LogP contribution in [0.25, 0.3) is 0 Å². The first-order valence-corrected chi connectivity index (χ1v) is 13.0. The van der Waals surface area contributed by atoms with Crippen molar-refractivity contribution in [1.82, 2.24) is 0 Å². The Balaban J connectivity index is 3.14. The Morgan fingerprint density at radius 3 is 1.94 bits per heavy atom. The lowest BCUT2D eigenvalue weighted by Gasteiger charge is -2.43. The molecule has 0 amide bonds. The lowest BCUT2D eigenvalue weighted by Crippen LogP contribution is -2.56. The van der Waals surface area contributed by atoms with Gasteiger partial charge in [0.2, 0.25) is 0 Å². The van der Waals surface area contributed by atoms with E-state index in [0.29, 0.717) is 38.8 Å². The average Bonchev–Trinajstić information content (AvgIpc) is 2.79. The van der Waals surface area contributed by atoms with Gasteiger partial charge >= 0.3 is 5.97 Å². The zero-order valence-corrected chi connectivity index (χ0v) is 21.6. The van der Waals surface area contributed by atoms with Gasteiger partial charge in [0.05, 0.1) is 6.61 Å². The van der Waals surface area contributed by atoms with Crippen LogP contribution < -0.4 is 0 Å². The minimum absolute atomic E-state index is 0.130. The van der Waals surface area contributed by atoms with Gasteiger partial charge in [-0.05, 0) is 31.8 Å². The highest BCUT2D eigenvalue weighted by Crippen LogP contribution is 2.31. The zero-order chi connectivity index (χ0) is 24.3. The van der Waals surface area contributed by atoms with E-state index in [-0.39, 0.29) is 30.9 Å². The topological polar surface area (TPSA) is 72.5 Å². The Morgan fingerprint density at radius 2 is 1.36 bits per heavy atom. The summed E-state index contributed by atoms with van der Waals surface area (Å²) in [5.74, 6) is 0.301. The van der Waals surface area contributed by atoms with Gasteiger partial charge in [-0.1, -0.05) is 53.4 Å². The Bertz CT molecular complexity index is 523. The van der Waals surface area contributed by atoms with E-state index in [1.54, 1.807) is 6.08 Å². The highest BCUT2D eigenvalue weighted by Gasteiger charge is 2.46. The Hall–Kier alpha value is -1.15. The van der Waals surface area contributed by atoms with Gasteiger partial charge in [0.15, 0.2) is 6.10 Å². The van der Waals surface area contributed by atoms with E-state index in [0.717, 1.165) is 51.4 Å². The molecule has 33 heavy (non-hydrogen) atoms. The summed E-state index contributed by atoms with van der Waals surface area (Å²) < 4.78 is 36.5. The molecule has 0 bridgehead atoms. The molecule has 0 aromatic heterocycles. The molecular weight excluding hydrogens is 424 g/mol. The second-order valence-electron chi connectivity index (χ2n) is 8.52. The van der Waals surface area contributed by atoms with E-state index in [2.05, 4.69) is 27.7 Å². The molecule has 7 nitrogen and oxygen atoms in total. The van der Waals surface area contributed by atoms with Gasteiger partial charge in [0, 0.05) is 33.4 Å². The molecule has 0 N–H and O–H groups in total. The first kappa shape index (κ1) is 29.9. The van der Waals surface area contributed by atoms with Crippen molar-refractivity contribution >= 4 is 5.97 Å². The molecule has 1 heterocycles. The molecule has 1 saturated heterocycles. The molecule has 0 unspecified atom stereocenters. The molecule has 1 fully saturated rings. The summed E-state index contributed by atoms with van der Waals surface area (Å²) in [4.78, 5) is 11.3. The second-order valence-corrected chi connectivity index (χ2v) is 8.52. The van der Waals surface area contributed by atoms with E-state index < -0.39 is 6.10 Å². The van der Waals surface area contributed by atoms with Gasteiger partial charge < -0.3 is 28.4 Å². The van der Waals surface area contributed by atoms with E-state index >= 15 is 0 Å². The van der Waals surface area contributed by atoms with Crippen LogP contribution >= 0.6 is 0 Å². The minimum Gasteiger partial charge on any atom is -0.487 e. The van der Waals surface area contributed by atoms with Gasteiger partial charge in [0.25, 0.3) is 0 Å². The number of carbonyl (C=O) groups excluding carboxylic acids is 1. The first-order valence-electron chi connectivity index (χ1n) is 13.0. The molecule has 0 radical (unpaired) electrons. The van der Waals surface area contributed by atoms with Crippen LogP contribution in [0.4, 0.5) is 0 Å². The minimum atomic E-state index is -0.414. The highest BCUT2D eigenvalue weighted by atomic mass is 16.6. The van der Waals surface area contributed by atoms with Crippen LogP contribution in [0, 0.1) is 0 Å². The molecule has 0 aromatic rings. The van der Waals surface area contributed by atoms with Crippen LogP contribution in [0.3, 0.4) is 0 Å². The third-order valence-electron chi connectivity index (χ3n) is 5.46. The molecule has 0 saturated carbocycles. The van der Waals surface area contributed by atoms with Gasteiger partial charge in [-0.3, -0.25) is 4.79 Å². The van der Waals surface area contributed by atoms with Crippen LogP contribution in [-0.4, -0.2) is 70.0 Å². The summed E-state index contributed by atoms with van der Waals surface area (Å²) in [5.41, 5.74) is 0. The molecule has 0 aromatic carbocycles. The molecule has 194 valence electrons. The fraction of sp³-hybridized carbons (Fsp3) is 0.885. The summed E-state index contributed by atoms with van der Waals surface area (Å²) in [6.07, 6.45) is 8.53. The van der Waals surface area contributed by atoms with Crippen molar-refractivity contribution in [3.05, 3.63) is 11.8 Å². The number of ether oxygens (including phenoxy) is 6. The van der Waals surface area contributed by atoms with Crippen LogP contribution in [0.2, 0.25) is 0 Å². The zero-order valence-electron chi connectivity index (χ0n) is 21.6. The van der Waals surface area contributed by atoms with Crippen LogP contribution in [0.15, 0.2) is 11.8 Å². The van der Waals surface area contributed by atoms with E-state index in [4.69, 9.17) is 28.4 Å². The number of carbonyl (C=O) groups is 1. The maximum atomic E-state index is 11.3. The highest BCUT2D eigenvalue weighted by molar-refractivity contribution is 5.66. The Labute approximate surface area is 201 Å². The van der Waals surface area contributed by atoms with Crippen LogP contribution in [-0.2, 0) is 33.2 Å². The summed E-state index contributed by atoms with van der Waals surface area (Å²) in [6.45, 7) is 13.1. The maximum Gasteiger partial charge on any atom is 0.302 e. The van der Waals surface area contributed by atoms with Gasteiger partial charge in [-0.25, -0.2) is 0 Å². The number of rotatable bonds is 19. The second kappa shape index (κ2) is 19.2. The first-order chi connectivity index (χ1) is 16.1. The van der Waals surface area contributed by atoms with E-state index in [9.17, 15) is 4.79 Å². The summed E-state index contributed by atoms with van der Waals surface area (Å²) in [5, 5.41) is 0. The predicted octanol–water partition coefficient (Wildman–Crippen LogP) is 5.20. The monoisotopic (exact) mass is 472 g/mol. The van der Waals surface area contributed by atoms with Gasteiger partial charge in [-0.15, -0.1) is 0 Å². The quantitative estimate of drug-likeness (QED) is 0.189. The van der Waals surface area contributed by atoms with Crippen LogP contribution in [0.1, 0.15) is 86.0 Å². The maximum absolute atomic E-state index is 11.3. The van der Waals surface area contributed by atoms with Gasteiger partial charge in [-0.2, -0.15) is 0 Å². The summed E-state index contributed by atoms with van der Waals surface area (Å²) >= 11 is 0. The summed E-state index contributed by atoms with van der Waals surface area (Å²) in [6, 6.07) is 0. The van der Waals surface area contributed by atoms with Crippen molar-refractivity contribution < 1.29 is 33.2 Å². The lowest BCUT2D eigenvalue weighted by atomic mass is 9.96. The van der Waals surface area contributed by atoms with Crippen LogP contribution in [0.5, 0.6) is 0 Å². The third-order valence-corrected chi connectivity index (χ3v) is 5.46. The molecule has 4 atom stereocenters. The normalized spacial score (nSPS) is 24.1. The Morgan fingerprint density at radius 1 is 0.818 bits per heavy atom. The average molecular weight is 473 g/mol. The van der Waals surface area contributed by atoms with Crippen molar-refractivity contribution in [2.75, 3.05) is 39.6 Å². The van der Waals surface area contributed by atoms with Crippen molar-refractivity contribution in [2.45, 2.75) is 110 Å². The Kier molecular flexibility index (Phi) is 17.4. The van der Waals surface area contributed by atoms with Crippen molar-refractivity contribution in [3.8, 4) is 0 Å².